The monoisotopic (exact) mass is 368 g/mol. The topological polar surface area (TPSA) is 50.8 Å². The molecule has 0 atom stereocenters. The molecule has 1 aliphatic heterocycles. The first-order valence-corrected chi connectivity index (χ1v) is 9.49. The van der Waals surface area contributed by atoms with Gasteiger partial charge in [0, 0.05) is 31.1 Å². The Hall–Kier alpha value is -2.53. The molecule has 144 valence electrons. The summed E-state index contributed by atoms with van der Waals surface area (Å²) < 4.78 is 11.3. The van der Waals surface area contributed by atoms with E-state index in [1.807, 2.05) is 12.1 Å². The highest BCUT2D eigenvalue weighted by Gasteiger charge is 2.15. The van der Waals surface area contributed by atoms with E-state index in [1.54, 1.807) is 18.2 Å². The van der Waals surface area contributed by atoms with Crippen LogP contribution in [0.4, 0.5) is 0 Å². The maximum absolute atomic E-state index is 12.6. The summed E-state index contributed by atoms with van der Waals surface area (Å²) in [4.78, 5) is 14.9. The molecule has 0 unspecified atom stereocenters. The molecule has 1 N–H and O–H groups in total. The average molecular weight is 368 g/mol. The van der Waals surface area contributed by atoms with Crippen LogP contribution in [-0.2, 0) is 13.1 Å². The molecule has 3 rings (SSSR count). The summed E-state index contributed by atoms with van der Waals surface area (Å²) in [7, 11) is 2.11. The summed E-state index contributed by atoms with van der Waals surface area (Å²) in [5.41, 5.74) is 2.94. The highest BCUT2D eigenvalue weighted by atomic mass is 16.5. The Morgan fingerprint density at radius 1 is 1.07 bits per heavy atom. The molecule has 1 heterocycles. The minimum absolute atomic E-state index is 0.113. The number of hydrogen-bond donors (Lipinski definition) is 1. The molecule has 27 heavy (non-hydrogen) atoms. The summed E-state index contributed by atoms with van der Waals surface area (Å²) >= 11 is 0. The highest BCUT2D eigenvalue weighted by Crippen LogP contribution is 2.30. The number of carbonyl (C=O) groups is 1. The molecule has 0 saturated heterocycles. The fraction of sp³-hybridized carbons (Fsp3) is 0.409. The molecule has 2 aromatic rings. The third-order valence-electron chi connectivity index (χ3n) is 4.87. The van der Waals surface area contributed by atoms with Crippen molar-refractivity contribution < 1.29 is 14.3 Å². The second kappa shape index (κ2) is 8.91. The van der Waals surface area contributed by atoms with Crippen molar-refractivity contribution in [2.24, 2.45) is 0 Å². The molecule has 0 saturated carbocycles. The molecule has 5 nitrogen and oxygen atoms in total. The molecular formula is C22H28N2O3. The second-order valence-corrected chi connectivity index (χ2v) is 7.17. The van der Waals surface area contributed by atoms with Crippen molar-refractivity contribution >= 4 is 5.91 Å². The molecule has 5 heteroatoms. The van der Waals surface area contributed by atoms with Crippen LogP contribution in [0, 0.1) is 0 Å². The fourth-order valence-electron chi connectivity index (χ4n) is 2.92. The third-order valence-corrected chi connectivity index (χ3v) is 4.87. The van der Waals surface area contributed by atoms with Gasteiger partial charge in [0.05, 0.1) is 13.2 Å². The van der Waals surface area contributed by atoms with Crippen LogP contribution in [0.3, 0.4) is 0 Å². The standard InChI is InChI=1S/C22H28N2O3/c1-16(2)24(3)15-19-8-5-4-7-18(19)14-23-22(25)17-9-10-20-21(13-17)27-12-6-11-26-20/h4-5,7-10,13,16H,6,11-12,14-15H2,1-3H3,(H,23,25). The van der Waals surface area contributed by atoms with Gasteiger partial charge in [-0.3, -0.25) is 9.69 Å². The zero-order valence-corrected chi connectivity index (χ0v) is 16.3. The molecule has 1 amide bonds. The number of carbonyl (C=O) groups excluding carboxylic acids is 1. The molecule has 0 fully saturated rings. The normalized spacial score (nSPS) is 13.5. The van der Waals surface area contributed by atoms with Crippen LogP contribution in [0.25, 0.3) is 0 Å². The van der Waals surface area contributed by atoms with E-state index in [0.29, 0.717) is 42.9 Å². The van der Waals surface area contributed by atoms with Crippen molar-refractivity contribution in [1.82, 2.24) is 10.2 Å². The number of hydrogen-bond acceptors (Lipinski definition) is 4. The van der Waals surface area contributed by atoms with E-state index in [9.17, 15) is 4.79 Å². The van der Waals surface area contributed by atoms with Crippen LogP contribution in [0.15, 0.2) is 42.5 Å². The van der Waals surface area contributed by atoms with Gasteiger partial charge in [0.15, 0.2) is 11.5 Å². The fourth-order valence-corrected chi connectivity index (χ4v) is 2.92. The lowest BCUT2D eigenvalue weighted by atomic mass is 10.1. The Bertz CT molecular complexity index is 789. The van der Waals surface area contributed by atoms with E-state index in [0.717, 1.165) is 18.5 Å². The van der Waals surface area contributed by atoms with Gasteiger partial charge in [-0.05, 0) is 50.2 Å². The van der Waals surface area contributed by atoms with Crippen molar-refractivity contribution in [3.8, 4) is 11.5 Å². The number of amides is 1. The lowest BCUT2D eigenvalue weighted by molar-refractivity contribution is 0.0950. The van der Waals surface area contributed by atoms with E-state index in [4.69, 9.17) is 9.47 Å². The molecule has 0 aromatic heterocycles. The highest BCUT2D eigenvalue weighted by molar-refractivity contribution is 5.94. The maximum Gasteiger partial charge on any atom is 0.251 e. The smallest absolute Gasteiger partial charge is 0.251 e. The van der Waals surface area contributed by atoms with Gasteiger partial charge in [-0.15, -0.1) is 0 Å². The number of fused-ring (bicyclic) bond motifs is 1. The number of nitrogens with zero attached hydrogens (tertiary/aromatic N) is 1. The zero-order valence-electron chi connectivity index (χ0n) is 16.3. The Morgan fingerprint density at radius 3 is 2.52 bits per heavy atom. The maximum atomic E-state index is 12.6. The lowest BCUT2D eigenvalue weighted by Gasteiger charge is -2.22. The lowest BCUT2D eigenvalue weighted by Crippen LogP contribution is -2.27. The number of rotatable bonds is 6. The SMILES string of the molecule is CC(C)N(C)Cc1ccccc1CNC(=O)c1ccc2c(c1)OCCCO2. The number of ether oxygens (including phenoxy) is 2. The van der Waals surface area contributed by atoms with Gasteiger partial charge < -0.3 is 14.8 Å². The van der Waals surface area contributed by atoms with Crippen LogP contribution in [-0.4, -0.2) is 37.1 Å². The van der Waals surface area contributed by atoms with E-state index in [2.05, 4.69) is 43.2 Å². The molecule has 0 radical (unpaired) electrons. The first-order valence-electron chi connectivity index (χ1n) is 9.49. The Morgan fingerprint density at radius 2 is 1.78 bits per heavy atom. The Balaban J connectivity index is 1.67. The van der Waals surface area contributed by atoms with Crippen molar-refractivity contribution in [3.05, 3.63) is 59.2 Å². The van der Waals surface area contributed by atoms with Crippen LogP contribution in [0.1, 0.15) is 41.8 Å². The van der Waals surface area contributed by atoms with E-state index < -0.39 is 0 Å². The summed E-state index contributed by atoms with van der Waals surface area (Å²) in [5, 5.41) is 3.03. The average Bonchev–Trinajstić information content (AvgIpc) is 2.91. The van der Waals surface area contributed by atoms with Crippen LogP contribution >= 0.6 is 0 Å². The minimum atomic E-state index is -0.113. The zero-order chi connectivity index (χ0) is 19.2. The largest absolute Gasteiger partial charge is 0.490 e. The number of benzene rings is 2. The van der Waals surface area contributed by atoms with Gasteiger partial charge in [0.1, 0.15) is 0 Å². The molecular weight excluding hydrogens is 340 g/mol. The van der Waals surface area contributed by atoms with Crippen molar-refractivity contribution in [3.63, 3.8) is 0 Å². The summed E-state index contributed by atoms with van der Waals surface area (Å²) in [6, 6.07) is 14.0. The summed E-state index contributed by atoms with van der Waals surface area (Å²) in [6.07, 6.45) is 0.845. The predicted octanol–water partition coefficient (Wildman–Crippen LogP) is 3.62. The minimum Gasteiger partial charge on any atom is -0.490 e. The molecule has 2 aromatic carbocycles. The van der Waals surface area contributed by atoms with Gasteiger partial charge in [0.2, 0.25) is 0 Å². The molecule has 0 spiro atoms. The first kappa shape index (κ1) is 19.2. The van der Waals surface area contributed by atoms with Crippen molar-refractivity contribution in [2.75, 3.05) is 20.3 Å². The van der Waals surface area contributed by atoms with Gasteiger partial charge in [-0.25, -0.2) is 0 Å². The van der Waals surface area contributed by atoms with E-state index >= 15 is 0 Å². The molecule has 0 bridgehead atoms. The van der Waals surface area contributed by atoms with Crippen molar-refractivity contribution in [1.29, 1.82) is 0 Å². The molecule has 0 aliphatic carbocycles. The summed E-state index contributed by atoms with van der Waals surface area (Å²) in [5.74, 6) is 1.22. The van der Waals surface area contributed by atoms with Gasteiger partial charge in [-0.1, -0.05) is 24.3 Å². The molecule has 1 aliphatic rings. The van der Waals surface area contributed by atoms with Gasteiger partial charge >= 0.3 is 0 Å². The van der Waals surface area contributed by atoms with Gasteiger partial charge in [0.25, 0.3) is 5.91 Å². The second-order valence-electron chi connectivity index (χ2n) is 7.17. The Labute approximate surface area is 161 Å². The predicted molar refractivity (Wildman–Crippen MR) is 106 cm³/mol. The Kier molecular flexibility index (Phi) is 6.35. The first-order chi connectivity index (χ1) is 13.0. The van der Waals surface area contributed by atoms with Crippen LogP contribution < -0.4 is 14.8 Å². The third kappa shape index (κ3) is 5.01. The van der Waals surface area contributed by atoms with Crippen LogP contribution in [0.5, 0.6) is 11.5 Å². The van der Waals surface area contributed by atoms with E-state index in [1.165, 1.54) is 5.56 Å². The quantitative estimate of drug-likeness (QED) is 0.846. The van der Waals surface area contributed by atoms with Crippen molar-refractivity contribution in [2.45, 2.75) is 39.4 Å². The van der Waals surface area contributed by atoms with E-state index in [-0.39, 0.29) is 5.91 Å². The number of nitrogens with one attached hydrogen (secondary N) is 1. The summed E-state index contributed by atoms with van der Waals surface area (Å²) in [6.45, 7) is 6.95. The van der Waals surface area contributed by atoms with Gasteiger partial charge in [-0.2, -0.15) is 0 Å². The van der Waals surface area contributed by atoms with Crippen LogP contribution in [0.2, 0.25) is 0 Å².